The third-order valence-corrected chi connectivity index (χ3v) is 2.99. The molecule has 2 saturated heterocycles. The van der Waals surface area contributed by atoms with E-state index in [4.69, 9.17) is 9.47 Å². The molecule has 16 heavy (non-hydrogen) atoms. The van der Waals surface area contributed by atoms with Gasteiger partial charge in [0.15, 0.2) is 0 Å². The smallest absolute Gasteiger partial charge is 0.410 e. The second kappa shape index (κ2) is 4.24. The number of piperidine rings is 1. The van der Waals surface area contributed by atoms with Crippen LogP contribution in [0.15, 0.2) is 0 Å². The van der Waals surface area contributed by atoms with Crippen LogP contribution in [0.1, 0.15) is 33.6 Å². The highest BCUT2D eigenvalue weighted by Gasteiger charge is 2.37. The Morgan fingerprint density at radius 1 is 1.44 bits per heavy atom. The molecule has 0 aromatic carbocycles. The number of likely N-dealkylation sites (tertiary alicyclic amines) is 1. The van der Waals surface area contributed by atoms with Gasteiger partial charge < -0.3 is 14.4 Å². The molecule has 2 heterocycles. The Labute approximate surface area is 96.9 Å². The number of rotatable bonds is 1. The van der Waals surface area contributed by atoms with E-state index < -0.39 is 5.60 Å². The van der Waals surface area contributed by atoms with Gasteiger partial charge in [0.2, 0.25) is 0 Å². The number of carbonyl (C=O) groups excluding carboxylic acids is 1. The first kappa shape index (κ1) is 11.7. The van der Waals surface area contributed by atoms with Crippen molar-refractivity contribution < 1.29 is 14.3 Å². The van der Waals surface area contributed by atoms with Crippen molar-refractivity contribution in [3.8, 4) is 0 Å². The maximum Gasteiger partial charge on any atom is 0.410 e. The molecule has 0 aliphatic carbocycles. The number of hydrogen-bond donors (Lipinski definition) is 0. The van der Waals surface area contributed by atoms with Crippen LogP contribution in [0.25, 0.3) is 0 Å². The molecule has 0 aromatic heterocycles. The fourth-order valence-corrected chi connectivity index (χ4v) is 2.13. The average Bonchev–Trinajstić information content (AvgIpc) is 2.98. The Bertz CT molecular complexity index is 268. The van der Waals surface area contributed by atoms with Crippen molar-refractivity contribution >= 4 is 6.09 Å². The molecule has 0 saturated carbocycles. The Kier molecular flexibility index (Phi) is 3.10. The normalized spacial score (nSPS) is 30.1. The van der Waals surface area contributed by atoms with Crippen LogP contribution in [0.3, 0.4) is 0 Å². The lowest BCUT2D eigenvalue weighted by atomic mass is 9.95. The van der Waals surface area contributed by atoms with Gasteiger partial charge in [0.25, 0.3) is 0 Å². The molecular weight excluding hydrogens is 206 g/mol. The van der Waals surface area contributed by atoms with Gasteiger partial charge in [-0.1, -0.05) is 0 Å². The molecule has 0 aromatic rings. The molecule has 0 spiro atoms. The lowest BCUT2D eigenvalue weighted by molar-refractivity contribution is 0.0151. The summed E-state index contributed by atoms with van der Waals surface area (Å²) < 4.78 is 10.7. The molecule has 2 aliphatic rings. The van der Waals surface area contributed by atoms with Crippen LogP contribution in [0, 0.1) is 5.92 Å². The van der Waals surface area contributed by atoms with Crippen molar-refractivity contribution in [3.05, 3.63) is 0 Å². The summed E-state index contributed by atoms with van der Waals surface area (Å²) in [6.07, 6.45) is 2.44. The summed E-state index contributed by atoms with van der Waals surface area (Å²) in [4.78, 5) is 13.7. The highest BCUT2D eigenvalue weighted by molar-refractivity contribution is 5.68. The van der Waals surface area contributed by atoms with E-state index in [1.165, 1.54) is 6.42 Å². The molecule has 4 nitrogen and oxygen atoms in total. The van der Waals surface area contributed by atoms with Crippen molar-refractivity contribution in [3.63, 3.8) is 0 Å². The van der Waals surface area contributed by atoms with Crippen molar-refractivity contribution in [1.29, 1.82) is 0 Å². The van der Waals surface area contributed by atoms with Gasteiger partial charge in [0, 0.05) is 19.0 Å². The third kappa shape index (κ3) is 3.11. The highest BCUT2D eigenvalue weighted by Crippen LogP contribution is 2.29. The number of amides is 1. The Morgan fingerprint density at radius 3 is 2.69 bits per heavy atom. The van der Waals surface area contributed by atoms with Gasteiger partial charge in [0.05, 0.1) is 12.7 Å². The molecule has 4 heteroatoms. The molecule has 2 atom stereocenters. The summed E-state index contributed by atoms with van der Waals surface area (Å²) in [7, 11) is 0. The minimum atomic E-state index is -0.403. The maximum atomic E-state index is 11.9. The van der Waals surface area contributed by atoms with Gasteiger partial charge in [-0.2, -0.15) is 0 Å². The number of nitrogens with zero attached hydrogens (tertiary/aromatic N) is 1. The first-order valence-electron chi connectivity index (χ1n) is 6.05. The lowest BCUT2D eigenvalue weighted by Crippen LogP contribution is -2.44. The Balaban J connectivity index is 1.86. The SMILES string of the molecule is CC(C)(C)OC(=O)N1CCC[C@@H]([C@H]2CO2)C1. The van der Waals surface area contributed by atoms with E-state index >= 15 is 0 Å². The number of epoxide rings is 1. The van der Waals surface area contributed by atoms with E-state index in [2.05, 4.69) is 0 Å². The Morgan fingerprint density at radius 2 is 2.12 bits per heavy atom. The van der Waals surface area contributed by atoms with Gasteiger partial charge >= 0.3 is 6.09 Å². The van der Waals surface area contributed by atoms with Gasteiger partial charge in [-0.25, -0.2) is 4.79 Å². The largest absolute Gasteiger partial charge is 0.444 e. The zero-order valence-electron chi connectivity index (χ0n) is 10.4. The maximum absolute atomic E-state index is 11.9. The molecule has 2 aliphatic heterocycles. The van der Waals surface area contributed by atoms with Crippen LogP contribution in [-0.2, 0) is 9.47 Å². The van der Waals surface area contributed by atoms with Gasteiger partial charge in [0.1, 0.15) is 5.60 Å². The zero-order valence-corrected chi connectivity index (χ0v) is 10.4. The summed E-state index contributed by atoms with van der Waals surface area (Å²) in [5.74, 6) is 0.515. The number of hydrogen-bond acceptors (Lipinski definition) is 3. The third-order valence-electron chi connectivity index (χ3n) is 2.99. The molecular formula is C12H21NO3. The molecule has 0 unspecified atom stereocenters. The zero-order chi connectivity index (χ0) is 11.8. The van der Waals surface area contributed by atoms with Crippen LogP contribution >= 0.6 is 0 Å². The van der Waals surface area contributed by atoms with Gasteiger partial charge in [-0.3, -0.25) is 0 Å². The molecule has 2 rings (SSSR count). The molecule has 0 N–H and O–H groups in total. The summed E-state index contributed by atoms with van der Waals surface area (Å²) in [6, 6.07) is 0. The van der Waals surface area contributed by atoms with Crippen LogP contribution < -0.4 is 0 Å². The minimum Gasteiger partial charge on any atom is -0.444 e. The number of ether oxygens (including phenoxy) is 2. The first-order chi connectivity index (χ1) is 7.46. The highest BCUT2D eigenvalue weighted by atomic mass is 16.6. The molecule has 0 radical (unpaired) electrons. The van der Waals surface area contributed by atoms with Crippen molar-refractivity contribution in [2.75, 3.05) is 19.7 Å². The molecule has 0 bridgehead atoms. The second-order valence-electron chi connectivity index (χ2n) is 5.70. The number of carbonyl (C=O) groups is 1. The van der Waals surface area contributed by atoms with Crippen molar-refractivity contribution in [2.45, 2.75) is 45.3 Å². The monoisotopic (exact) mass is 227 g/mol. The quantitative estimate of drug-likeness (QED) is 0.644. The molecule has 92 valence electrons. The first-order valence-corrected chi connectivity index (χ1v) is 6.05. The van der Waals surface area contributed by atoms with Crippen molar-refractivity contribution in [2.24, 2.45) is 5.92 Å². The predicted molar refractivity (Wildman–Crippen MR) is 60.3 cm³/mol. The molecule has 2 fully saturated rings. The average molecular weight is 227 g/mol. The fraction of sp³-hybridized carbons (Fsp3) is 0.917. The minimum absolute atomic E-state index is 0.183. The fourth-order valence-electron chi connectivity index (χ4n) is 2.13. The van der Waals surface area contributed by atoms with Crippen LogP contribution in [-0.4, -0.2) is 42.4 Å². The van der Waals surface area contributed by atoms with E-state index in [1.807, 2.05) is 25.7 Å². The standard InChI is InChI=1S/C12H21NO3/c1-12(2,3)16-11(14)13-6-4-5-9(7-13)10-8-15-10/h9-10H,4-8H2,1-3H3/t9-,10-/m1/s1. The lowest BCUT2D eigenvalue weighted by Gasteiger charge is -2.33. The topological polar surface area (TPSA) is 42.1 Å². The van der Waals surface area contributed by atoms with Crippen LogP contribution in [0.5, 0.6) is 0 Å². The van der Waals surface area contributed by atoms with Crippen LogP contribution in [0.2, 0.25) is 0 Å². The van der Waals surface area contributed by atoms with E-state index in [9.17, 15) is 4.79 Å². The van der Waals surface area contributed by atoms with Gasteiger partial charge in [-0.05, 0) is 33.6 Å². The van der Waals surface area contributed by atoms with E-state index in [0.717, 1.165) is 26.1 Å². The van der Waals surface area contributed by atoms with E-state index in [1.54, 1.807) is 0 Å². The summed E-state index contributed by atoms with van der Waals surface area (Å²) in [5, 5.41) is 0. The second-order valence-corrected chi connectivity index (χ2v) is 5.70. The summed E-state index contributed by atoms with van der Waals surface area (Å²) >= 11 is 0. The summed E-state index contributed by atoms with van der Waals surface area (Å²) in [6.45, 7) is 8.17. The predicted octanol–water partition coefficient (Wildman–Crippen LogP) is 2.03. The Hall–Kier alpha value is -0.770. The van der Waals surface area contributed by atoms with E-state index in [0.29, 0.717) is 12.0 Å². The van der Waals surface area contributed by atoms with Gasteiger partial charge in [-0.15, -0.1) is 0 Å². The molecule has 1 amide bonds. The van der Waals surface area contributed by atoms with E-state index in [-0.39, 0.29) is 6.09 Å². The summed E-state index contributed by atoms with van der Waals surface area (Å²) in [5.41, 5.74) is -0.403. The van der Waals surface area contributed by atoms with Crippen molar-refractivity contribution in [1.82, 2.24) is 4.90 Å². The van der Waals surface area contributed by atoms with Crippen LogP contribution in [0.4, 0.5) is 4.79 Å².